The summed E-state index contributed by atoms with van der Waals surface area (Å²) in [5.74, 6) is -1.76. The van der Waals surface area contributed by atoms with E-state index in [1.54, 1.807) is 0 Å². The number of ether oxygens (including phenoxy) is 1. The topological polar surface area (TPSA) is 148 Å². The fraction of sp³-hybridized carbons (Fsp3) is 0.857. The number of aliphatic hydroxyl groups excluding tert-OH is 5. The average Bonchev–Trinajstić information content (AvgIpc) is 2.23. The Morgan fingerprint density at radius 1 is 1.00 bits per heavy atom. The van der Waals surface area contributed by atoms with Gasteiger partial charge in [-0.1, -0.05) is 0 Å². The second kappa shape index (κ2) is 5.95. The van der Waals surface area contributed by atoms with E-state index < -0.39 is 36.7 Å². The zero-order valence-electron chi connectivity index (χ0n) is 7.89. The fourth-order valence-corrected chi connectivity index (χ4v) is 0.843. The molecule has 0 aliphatic rings. The Labute approximate surface area is 85.0 Å². The van der Waals surface area contributed by atoms with Crippen molar-refractivity contribution < 1.29 is 40.2 Å². The molecule has 6 N–H and O–H groups in total. The Hall–Kier alpha value is -0.770. The second-order valence-corrected chi connectivity index (χ2v) is 2.88. The van der Waals surface area contributed by atoms with Gasteiger partial charge in [0.25, 0.3) is 0 Å². The predicted octanol–water partition coefficient (Wildman–Crippen LogP) is -3.52. The molecule has 0 radical (unpaired) electrons. The molecule has 8 heteroatoms. The van der Waals surface area contributed by atoms with Crippen molar-refractivity contribution in [2.24, 2.45) is 0 Å². The Balaban J connectivity index is 4.42. The molecule has 0 saturated heterocycles. The van der Waals surface area contributed by atoms with Crippen LogP contribution in [0.5, 0.6) is 0 Å². The summed E-state index contributed by atoms with van der Waals surface area (Å²) in [6.07, 6.45) is -10.2. The number of carboxylic acid groups (broad SMARTS) is 1. The van der Waals surface area contributed by atoms with Crippen LogP contribution in [0.1, 0.15) is 0 Å². The molecule has 8 nitrogen and oxygen atoms in total. The van der Waals surface area contributed by atoms with Crippen LogP contribution in [-0.2, 0) is 9.53 Å². The smallest absolute Gasteiger partial charge is 0.335 e. The summed E-state index contributed by atoms with van der Waals surface area (Å²) in [7, 11) is 1.03. The summed E-state index contributed by atoms with van der Waals surface area (Å²) in [6, 6.07) is 0. The Kier molecular flexibility index (Phi) is 5.65. The summed E-state index contributed by atoms with van der Waals surface area (Å²) in [4.78, 5) is 10.2. The van der Waals surface area contributed by atoms with Crippen LogP contribution in [0.3, 0.4) is 0 Å². The van der Waals surface area contributed by atoms with Crippen LogP contribution in [0, 0.1) is 0 Å². The van der Waals surface area contributed by atoms with Gasteiger partial charge in [0.1, 0.15) is 18.3 Å². The number of carbonyl (C=O) groups is 1. The molecular formula is C7H14O8. The normalized spacial score (nSPS) is 21.5. The quantitative estimate of drug-likeness (QED) is 0.255. The van der Waals surface area contributed by atoms with E-state index in [1.807, 2.05) is 0 Å². The van der Waals surface area contributed by atoms with Crippen LogP contribution in [-0.4, -0.2) is 74.4 Å². The van der Waals surface area contributed by atoms with Crippen LogP contribution in [0.2, 0.25) is 0 Å². The van der Waals surface area contributed by atoms with Crippen LogP contribution in [0.15, 0.2) is 0 Å². The minimum absolute atomic E-state index is 1.03. The third-order valence-electron chi connectivity index (χ3n) is 1.81. The first-order valence-corrected chi connectivity index (χ1v) is 3.98. The van der Waals surface area contributed by atoms with E-state index in [1.165, 1.54) is 0 Å². The monoisotopic (exact) mass is 226 g/mol. The zero-order chi connectivity index (χ0) is 12.2. The van der Waals surface area contributed by atoms with Crippen molar-refractivity contribution in [3.63, 3.8) is 0 Å². The summed E-state index contributed by atoms with van der Waals surface area (Å²) in [6.45, 7) is 0. The molecule has 0 aromatic carbocycles. The highest BCUT2D eigenvalue weighted by atomic mass is 16.6. The standard InChI is InChI=1S/C7H14O8/c1-15-7(14)5(11)3(9)2(8)4(10)6(12)13/h2-5,7-11,14H,1H3,(H,12,13). The lowest BCUT2D eigenvalue weighted by atomic mass is 10.0. The van der Waals surface area contributed by atoms with Gasteiger partial charge in [0, 0.05) is 7.11 Å². The second-order valence-electron chi connectivity index (χ2n) is 2.88. The third-order valence-corrected chi connectivity index (χ3v) is 1.81. The van der Waals surface area contributed by atoms with Gasteiger partial charge in [-0.15, -0.1) is 0 Å². The van der Waals surface area contributed by atoms with E-state index in [4.69, 9.17) is 30.6 Å². The average molecular weight is 226 g/mol. The van der Waals surface area contributed by atoms with E-state index in [9.17, 15) is 4.79 Å². The molecule has 0 rings (SSSR count). The number of aliphatic carboxylic acids is 1. The third kappa shape index (κ3) is 3.70. The van der Waals surface area contributed by atoms with Gasteiger partial charge >= 0.3 is 5.97 Å². The molecule has 0 heterocycles. The van der Waals surface area contributed by atoms with Crippen molar-refractivity contribution in [3.05, 3.63) is 0 Å². The van der Waals surface area contributed by atoms with Gasteiger partial charge < -0.3 is 35.4 Å². The lowest BCUT2D eigenvalue weighted by Crippen LogP contribution is -2.51. The molecule has 15 heavy (non-hydrogen) atoms. The first kappa shape index (κ1) is 14.2. The number of carboxylic acids is 1. The van der Waals surface area contributed by atoms with Crippen molar-refractivity contribution in [2.45, 2.75) is 30.7 Å². The Bertz CT molecular complexity index is 207. The zero-order valence-corrected chi connectivity index (χ0v) is 7.89. The molecule has 0 aliphatic carbocycles. The minimum atomic E-state index is -2.27. The molecule has 0 aliphatic heterocycles. The van der Waals surface area contributed by atoms with Crippen LogP contribution in [0.4, 0.5) is 0 Å². The molecular weight excluding hydrogens is 212 g/mol. The van der Waals surface area contributed by atoms with Crippen LogP contribution >= 0.6 is 0 Å². The number of aliphatic hydroxyl groups is 5. The summed E-state index contributed by atoms with van der Waals surface area (Å²) >= 11 is 0. The molecule has 0 aromatic heterocycles. The first-order chi connectivity index (χ1) is 6.82. The van der Waals surface area contributed by atoms with Crippen molar-refractivity contribution in [3.8, 4) is 0 Å². The van der Waals surface area contributed by atoms with Crippen LogP contribution < -0.4 is 0 Å². The lowest BCUT2D eigenvalue weighted by molar-refractivity contribution is -0.203. The maximum absolute atomic E-state index is 10.2. The lowest BCUT2D eigenvalue weighted by Gasteiger charge is -2.26. The van der Waals surface area contributed by atoms with Gasteiger partial charge in [-0.05, 0) is 0 Å². The first-order valence-electron chi connectivity index (χ1n) is 3.98. The molecule has 0 aromatic rings. The van der Waals surface area contributed by atoms with Gasteiger partial charge in [-0.2, -0.15) is 0 Å². The molecule has 0 bridgehead atoms. The molecule has 0 amide bonds. The molecule has 0 fully saturated rings. The molecule has 5 unspecified atom stereocenters. The Morgan fingerprint density at radius 3 is 1.80 bits per heavy atom. The van der Waals surface area contributed by atoms with Gasteiger partial charge in [0.15, 0.2) is 12.4 Å². The number of hydrogen-bond donors (Lipinski definition) is 6. The van der Waals surface area contributed by atoms with Gasteiger partial charge in [-0.25, -0.2) is 4.79 Å². The van der Waals surface area contributed by atoms with E-state index in [0.717, 1.165) is 7.11 Å². The fourth-order valence-electron chi connectivity index (χ4n) is 0.843. The maximum Gasteiger partial charge on any atom is 0.335 e. The number of hydrogen-bond acceptors (Lipinski definition) is 7. The van der Waals surface area contributed by atoms with Crippen LogP contribution in [0.25, 0.3) is 0 Å². The predicted molar refractivity (Wildman–Crippen MR) is 44.7 cm³/mol. The summed E-state index contributed by atoms with van der Waals surface area (Å²) in [5.41, 5.74) is 0. The summed E-state index contributed by atoms with van der Waals surface area (Å²) in [5, 5.41) is 53.3. The SMILES string of the molecule is COC(O)C(O)C(O)C(O)C(O)C(=O)O. The summed E-state index contributed by atoms with van der Waals surface area (Å²) < 4.78 is 4.23. The highest BCUT2D eigenvalue weighted by Gasteiger charge is 2.37. The molecule has 0 saturated carbocycles. The maximum atomic E-state index is 10.2. The number of methoxy groups -OCH3 is 1. The molecule has 0 spiro atoms. The van der Waals surface area contributed by atoms with E-state index in [-0.39, 0.29) is 0 Å². The highest BCUT2D eigenvalue weighted by molar-refractivity contribution is 5.72. The van der Waals surface area contributed by atoms with Gasteiger partial charge in [0.2, 0.25) is 0 Å². The van der Waals surface area contributed by atoms with Crippen molar-refractivity contribution in [1.82, 2.24) is 0 Å². The highest BCUT2D eigenvalue weighted by Crippen LogP contribution is 2.09. The number of rotatable bonds is 6. The van der Waals surface area contributed by atoms with Crippen molar-refractivity contribution >= 4 is 5.97 Å². The van der Waals surface area contributed by atoms with Crippen molar-refractivity contribution in [2.75, 3.05) is 7.11 Å². The molecule has 5 atom stereocenters. The van der Waals surface area contributed by atoms with E-state index >= 15 is 0 Å². The van der Waals surface area contributed by atoms with Crippen molar-refractivity contribution in [1.29, 1.82) is 0 Å². The Morgan fingerprint density at radius 2 is 1.47 bits per heavy atom. The van der Waals surface area contributed by atoms with E-state index in [2.05, 4.69) is 4.74 Å². The minimum Gasteiger partial charge on any atom is -0.479 e. The van der Waals surface area contributed by atoms with Gasteiger partial charge in [-0.3, -0.25) is 0 Å². The molecule has 90 valence electrons. The van der Waals surface area contributed by atoms with E-state index in [0.29, 0.717) is 0 Å². The largest absolute Gasteiger partial charge is 0.479 e. The van der Waals surface area contributed by atoms with Gasteiger partial charge in [0.05, 0.1) is 0 Å².